The molecule has 1 atom stereocenters. The van der Waals surface area contributed by atoms with Gasteiger partial charge in [-0.15, -0.1) is 0 Å². The Bertz CT molecular complexity index is 1170. The van der Waals surface area contributed by atoms with Gasteiger partial charge in [0.2, 0.25) is 0 Å². The molecule has 4 rings (SSSR count). The van der Waals surface area contributed by atoms with Crippen LogP contribution < -0.4 is 0 Å². The van der Waals surface area contributed by atoms with Crippen LogP contribution in [0.15, 0.2) is 72.8 Å². The van der Waals surface area contributed by atoms with E-state index in [1.807, 2.05) is 36.4 Å². The number of rotatable bonds is 6. The minimum atomic E-state index is -1.16. The van der Waals surface area contributed by atoms with E-state index in [1.54, 1.807) is 24.3 Å². The van der Waals surface area contributed by atoms with Gasteiger partial charge in [-0.05, 0) is 33.9 Å². The number of amides is 1. The Morgan fingerprint density at radius 1 is 1.00 bits per heavy atom. The first kappa shape index (κ1) is 21.1. The van der Waals surface area contributed by atoms with Crippen molar-refractivity contribution >= 4 is 12.1 Å². The van der Waals surface area contributed by atoms with Crippen molar-refractivity contribution in [2.75, 3.05) is 13.7 Å². The van der Waals surface area contributed by atoms with E-state index in [0.29, 0.717) is 11.1 Å². The first-order valence-corrected chi connectivity index (χ1v) is 10.3. The molecule has 1 unspecified atom stereocenters. The van der Waals surface area contributed by atoms with Gasteiger partial charge < -0.3 is 9.84 Å². The Hall–Kier alpha value is -4.11. The molecule has 0 spiro atoms. The lowest BCUT2D eigenvalue weighted by atomic mass is 9.98. The Labute approximate surface area is 186 Å². The van der Waals surface area contributed by atoms with Gasteiger partial charge in [-0.1, -0.05) is 66.7 Å². The van der Waals surface area contributed by atoms with Gasteiger partial charge in [0, 0.05) is 19.4 Å². The van der Waals surface area contributed by atoms with Crippen LogP contribution in [0.3, 0.4) is 0 Å². The normalized spacial score (nSPS) is 12.9. The summed E-state index contributed by atoms with van der Waals surface area (Å²) < 4.78 is 5.59. The highest BCUT2D eigenvalue weighted by Crippen LogP contribution is 2.44. The van der Waals surface area contributed by atoms with E-state index in [-0.39, 0.29) is 18.9 Å². The third-order valence-corrected chi connectivity index (χ3v) is 5.93. The summed E-state index contributed by atoms with van der Waals surface area (Å²) in [5.74, 6) is -1.27. The lowest BCUT2D eigenvalue weighted by molar-refractivity contribution is -0.142. The van der Waals surface area contributed by atoms with E-state index in [4.69, 9.17) is 4.74 Å². The first-order chi connectivity index (χ1) is 15.5. The Morgan fingerprint density at radius 3 is 2.16 bits per heavy atom. The number of aliphatic carboxylic acids is 1. The fourth-order valence-electron chi connectivity index (χ4n) is 4.23. The van der Waals surface area contributed by atoms with Gasteiger partial charge >= 0.3 is 12.1 Å². The number of fused-ring (bicyclic) bond motifs is 3. The van der Waals surface area contributed by atoms with Crippen LogP contribution in [0.1, 0.15) is 28.2 Å². The summed E-state index contributed by atoms with van der Waals surface area (Å²) in [7, 11) is 1.41. The zero-order chi connectivity index (χ0) is 22.7. The van der Waals surface area contributed by atoms with Gasteiger partial charge in [0.05, 0.1) is 11.6 Å². The molecule has 0 fully saturated rings. The van der Waals surface area contributed by atoms with Crippen molar-refractivity contribution in [3.63, 3.8) is 0 Å². The molecule has 0 heterocycles. The predicted molar refractivity (Wildman–Crippen MR) is 119 cm³/mol. The molecule has 3 aromatic rings. The van der Waals surface area contributed by atoms with Crippen LogP contribution in [0.25, 0.3) is 11.1 Å². The highest BCUT2D eigenvalue weighted by atomic mass is 16.6. The van der Waals surface area contributed by atoms with Gasteiger partial charge in [0.15, 0.2) is 0 Å². The summed E-state index contributed by atoms with van der Waals surface area (Å²) in [6, 6.07) is 23.7. The van der Waals surface area contributed by atoms with Gasteiger partial charge in [-0.3, -0.25) is 4.90 Å². The number of carbonyl (C=O) groups is 2. The lowest BCUT2D eigenvalue weighted by Crippen LogP contribution is -2.44. The third-order valence-electron chi connectivity index (χ3n) is 5.93. The van der Waals surface area contributed by atoms with E-state index < -0.39 is 18.1 Å². The summed E-state index contributed by atoms with van der Waals surface area (Å²) >= 11 is 0. The lowest BCUT2D eigenvalue weighted by Gasteiger charge is -2.25. The topological polar surface area (TPSA) is 90.6 Å². The molecule has 0 saturated heterocycles. The fourth-order valence-corrected chi connectivity index (χ4v) is 4.23. The zero-order valence-electron chi connectivity index (χ0n) is 17.6. The second-order valence-corrected chi connectivity index (χ2v) is 7.74. The fraction of sp³-hybridized carbons (Fsp3) is 0.192. The maximum absolute atomic E-state index is 12.8. The third kappa shape index (κ3) is 3.93. The average Bonchev–Trinajstić information content (AvgIpc) is 3.14. The van der Waals surface area contributed by atoms with E-state index >= 15 is 0 Å². The van der Waals surface area contributed by atoms with Gasteiger partial charge in [0.1, 0.15) is 12.6 Å². The number of nitriles is 1. The summed E-state index contributed by atoms with van der Waals surface area (Å²) in [5.41, 5.74) is 5.37. The van der Waals surface area contributed by atoms with Crippen molar-refractivity contribution in [2.45, 2.75) is 18.4 Å². The van der Waals surface area contributed by atoms with Crippen molar-refractivity contribution in [2.24, 2.45) is 0 Å². The smallest absolute Gasteiger partial charge is 0.410 e. The quantitative estimate of drug-likeness (QED) is 0.629. The Balaban J connectivity index is 1.50. The second-order valence-electron chi connectivity index (χ2n) is 7.74. The minimum absolute atomic E-state index is 0.0137. The molecule has 6 heteroatoms. The SMILES string of the molecule is CN(C(=O)OCC1c2ccccc2-c2ccccc21)C(Cc1ccccc1C#N)C(=O)O. The standard InChI is InChI=1S/C26H22N2O4/c1-28(24(25(29)30)14-17-8-2-3-9-18(17)15-27)26(31)32-16-23-21-12-6-4-10-19(21)20-11-5-7-13-22(20)23/h2-13,23-24H,14,16H2,1H3,(H,29,30). The number of carboxylic acids is 1. The molecular formula is C26H22N2O4. The molecule has 1 amide bonds. The van der Waals surface area contributed by atoms with E-state index in [9.17, 15) is 20.0 Å². The first-order valence-electron chi connectivity index (χ1n) is 10.3. The van der Waals surface area contributed by atoms with E-state index in [2.05, 4.69) is 18.2 Å². The maximum Gasteiger partial charge on any atom is 0.410 e. The zero-order valence-corrected chi connectivity index (χ0v) is 17.6. The number of nitrogens with zero attached hydrogens (tertiary/aromatic N) is 2. The summed E-state index contributed by atoms with van der Waals surface area (Å²) in [6.45, 7) is 0.109. The van der Waals surface area contributed by atoms with Crippen molar-refractivity contribution in [3.8, 4) is 17.2 Å². The predicted octanol–water partition coefficient (Wildman–Crippen LogP) is 4.43. The number of carbonyl (C=O) groups excluding carboxylic acids is 1. The van der Waals surface area contributed by atoms with Crippen LogP contribution in [-0.2, 0) is 16.0 Å². The summed E-state index contributed by atoms with van der Waals surface area (Å²) in [4.78, 5) is 25.8. The number of likely N-dealkylation sites (N-methyl/N-ethyl adjacent to an activating group) is 1. The molecular weight excluding hydrogens is 404 g/mol. The van der Waals surface area contributed by atoms with E-state index in [0.717, 1.165) is 27.2 Å². The molecule has 1 aliphatic rings. The van der Waals surface area contributed by atoms with Gasteiger partial charge in [-0.2, -0.15) is 5.26 Å². The van der Waals surface area contributed by atoms with Crippen LogP contribution >= 0.6 is 0 Å². The Kier molecular flexibility index (Phi) is 5.91. The summed E-state index contributed by atoms with van der Waals surface area (Å²) in [6.07, 6.45) is -0.701. The number of ether oxygens (including phenoxy) is 1. The molecule has 3 aromatic carbocycles. The van der Waals surface area contributed by atoms with Crippen molar-refractivity contribution in [3.05, 3.63) is 95.1 Å². The van der Waals surface area contributed by atoms with Crippen molar-refractivity contribution < 1.29 is 19.4 Å². The second kappa shape index (κ2) is 8.94. The molecule has 6 nitrogen and oxygen atoms in total. The van der Waals surface area contributed by atoms with E-state index in [1.165, 1.54) is 7.05 Å². The van der Waals surface area contributed by atoms with Crippen molar-refractivity contribution in [1.29, 1.82) is 5.26 Å². The van der Waals surface area contributed by atoms with Crippen molar-refractivity contribution in [1.82, 2.24) is 4.90 Å². The van der Waals surface area contributed by atoms with Crippen LogP contribution in [0.2, 0.25) is 0 Å². The minimum Gasteiger partial charge on any atom is -0.480 e. The van der Waals surface area contributed by atoms with Crippen LogP contribution in [0, 0.1) is 11.3 Å². The maximum atomic E-state index is 12.8. The molecule has 0 bridgehead atoms. The number of benzene rings is 3. The largest absolute Gasteiger partial charge is 0.480 e. The molecule has 1 N–H and O–H groups in total. The van der Waals surface area contributed by atoms with Crippen LogP contribution in [0.4, 0.5) is 4.79 Å². The molecule has 0 aromatic heterocycles. The van der Waals surface area contributed by atoms with Gasteiger partial charge in [-0.25, -0.2) is 9.59 Å². The van der Waals surface area contributed by atoms with Crippen LogP contribution in [-0.4, -0.2) is 41.8 Å². The number of hydrogen-bond acceptors (Lipinski definition) is 4. The van der Waals surface area contributed by atoms with Crippen LogP contribution in [0.5, 0.6) is 0 Å². The molecule has 0 radical (unpaired) electrons. The molecule has 0 aliphatic heterocycles. The van der Waals surface area contributed by atoms with Gasteiger partial charge in [0.25, 0.3) is 0 Å². The molecule has 160 valence electrons. The highest BCUT2D eigenvalue weighted by molar-refractivity contribution is 5.81. The molecule has 32 heavy (non-hydrogen) atoms. The molecule has 0 saturated carbocycles. The molecule has 1 aliphatic carbocycles. The number of carboxylic acid groups (broad SMARTS) is 1. The monoisotopic (exact) mass is 426 g/mol. The highest BCUT2D eigenvalue weighted by Gasteiger charge is 2.32. The number of hydrogen-bond donors (Lipinski definition) is 1. The summed E-state index contributed by atoms with van der Waals surface area (Å²) in [5, 5.41) is 19.0. The average molecular weight is 426 g/mol. The Morgan fingerprint density at radius 2 is 1.56 bits per heavy atom.